The summed E-state index contributed by atoms with van der Waals surface area (Å²) >= 11 is 0. The molecule has 1 N–H and O–H groups in total. The van der Waals surface area contributed by atoms with Crippen molar-refractivity contribution in [1.82, 2.24) is 4.90 Å². The first-order valence-corrected chi connectivity index (χ1v) is 9.65. The van der Waals surface area contributed by atoms with Crippen LogP contribution in [-0.2, 0) is 16.2 Å². The third kappa shape index (κ3) is 6.30. The molecule has 0 aliphatic carbocycles. The van der Waals surface area contributed by atoms with Crippen molar-refractivity contribution in [2.45, 2.75) is 25.2 Å². The SMILES string of the molecule is C=CCN(CC(O)COCc1ccccc1)CC1CC(c2ccccc2)=NO1. The molecule has 0 radical (unpaired) electrons. The summed E-state index contributed by atoms with van der Waals surface area (Å²) in [6, 6.07) is 20.0. The topological polar surface area (TPSA) is 54.3 Å². The molecular formula is C23H28N2O3. The number of ether oxygens (including phenoxy) is 1. The van der Waals surface area contributed by atoms with Gasteiger partial charge in [0.25, 0.3) is 0 Å². The van der Waals surface area contributed by atoms with Crippen molar-refractivity contribution < 1.29 is 14.7 Å². The van der Waals surface area contributed by atoms with E-state index in [4.69, 9.17) is 9.57 Å². The van der Waals surface area contributed by atoms with E-state index in [9.17, 15) is 5.11 Å². The molecule has 5 heteroatoms. The number of oxime groups is 1. The molecule has 0 fully saturated rings. The highest BCUT2D eigenvalue weighted by atomic mass is 16.6. The van der Waals surface area contributed by atoms with E-state index in [1.54, 1.807) is 0 Å². The molecular weight excluding hydrogens is 352 g/mol. The first-order chi connectivity index (χ1) is 13.7. The van der Waals surface area contributed by atoms with Gasteiger partial charge >= 0.3 is 0 Å². The summed E-state index contributed by atoms with van der Waals surface area (Å²) in [5.41, 5.74) is 3.16. The Morgan fingerprint density at radius 1 is 1.18 bits per heavy atom. The summed E-state index contributed by atoms with van der Waals surface area (Å²) in [7, 11) is 0. The lowest BCUT2D eigenvalue weighted by Crippen LogP contribution is -2.39. The number of hydrogen-bond donors (Lipinski definition) is 1. The van der Waals surface area contributed by atoms with Crippen molar-refractivity contribution in [2.75, 3.05) is 26.2 Å². The standard InChI is InChI=1S/C23H28N2O3/c1-2-13-25(15-21(26)18-27-17-19-9-5-3-6-10-19)16-22-14-23(24-28-22)20-11-7-4-8-12-20/h2-12,21-22,26H,1,13-18H2. The van der Waals surface area contributed by atoms with Crippen LogP contribution in [0.3, 0.4) is 0 Å². The Labute approximate surface area is 166 Å². The van der Waals surface area contributed by atoms with Gasteiger partial charge in [0.2, 0.25) is 0 Å². The molecule has 2 atom stereocenters. The van der Waals surface area contributed by atoms with Crippen LogP contribution >= 0.6 is 0 Å². The summed E-state index contributed by atoms with van der Waals surface area (Å²) in [6.45, 7) is 6.47. The van der Waals surface area contributed by atoms with Crippen LogP contribution in [0.25, 0.3) is 0 Å². The lowest BCUT2D eigenvalue weighted by molar-refractivity contribution is -0.00180. The molecule has 5 nitrogen and oxygen atoms in total. The molecule has 148 valence electrons. The zero-order valence-electron chi connectivity index (χ0n) is 16.1. The monoisotopic (exact) mass is 380 g/mol. The molecule has 28 heavy (non-hydrogen) atoms. The molecule has 0 spiro atoms. The van der Waals surface area contributed by atoms with Gasteiger partial charge < -0.3 is 14.7 Å². The predicted octanol–water partition coefficient (Wildman–Crippen LogP) is 3.25. The van der Waals surface area contributed by atoms with Crippen LogP contribution in [0.5, 0.6) is 0 Å². The van der Waals surface area contributed by atoms with E-state index >= 15 is 0 Å². The molecule has 0 saturated carbocycles. The lowest BCUT2D eigenvalue weighted by atomic mass is 10.0. The van der Waals surface area contributed by atoms with Gasteiger partial charge in [0.15, 0.2) is 0 Å². The summed E-state index contributed by atoms with van der Waals surface area (Å²) in [6.07, 6.45) is 2.01. The minimum atomic E-state index is -0.570. The normalized spacial score (nSPS) is 17.2. The molecule has 1 heterocycles. The van der Waals surface area contributed by atoms with E-state index in [0.29, 0.717) is 32.8 Å². The molecule has 0 bridgehead atoms. The zero-order valence-corrected chi connectivity index (χ0v) is 16.1. The van der Waals surface area contributed by atoms with Gasteiger partial charge in [0, 0.05) is 26.1 Å². The Morgan fingerprint density at radius 3 is 2.61 bits per heavy atom. The molecule has 1 aliphatic heterocycles. The lowest BCUT2D eigenvalue weighted by Gasteiger charge is -2.25. The van der Waals surface area contributed by atoms with E-state index in [1.807, 2.05) is 66.7 Å². The fraction of sp³-hybridized carbons (Fsp3) is 0.348. The van der Waals surface area contributed by atoms with Gasteiger partial charge in [-0.1, -0.05) is 71.9 Å². The highest BCUT2D eigenvalue weighted by Gasteiger charge is 2.25. The van der Waals surface area contributed by atoms with Gasteiger partial charge in [-0.15, -0.1) is 6.58 Å². The van der Waals surface area contributed by atoms with E-state index in [2.05, 4.69) is 16.6 Å². The van der Waals surface area contributed by atoms with Crippen molar-refractivity contribution in [3.8, 4) is 0 Å². The number of aliphatic hydroxyl groups excluding tert-OH is 1. The van der Waals surface area contributed by atoms with Gasteiger partial charge in [0.1, 0.15) is 6.10 Å². The molecule has 1 aliphatic rings. The predicted molar refractivity (Wildman–Crippen MR) is 111 cm³/mol. The fourth-order valence-electron chi connectivity index (χ4n) is 3.26. The van der Waals surface area contributed by atoms with Crippen molar-refractivity contribution in [3.05, 3.63) is 84.4 Å². The second-order valence-electron chi connectivity index (χ2n) is 7.00. The maximum Gasteiger partial charge on any atom is 0.145 e. The van der Waals surface area contributed by atoms with Crippen molar-refractivity contribution >= 4 is 5.71 Å². The first kappa shape index (κ1) is 20.3. The van der Waals surface area contributed by atoms with Crippen LogP contribution in [-0.4, -0.2) is 54.2 Å². The summed E-state index contributed by atoms with van der Waals surface area (Å²) in [5.74, 6) is 0. The summed E-state index contributed by atoms with van der Waals surface area (Å²) in [5, 5.41) is 14.6. The van der Waals surface area contributed by atoms with Crippen molar-refractivity contribution in [1.29, 1.82) is 0 Å². The summed E-state index contributed by atoms with van der Waals surface area (Å²) < 4.78 is 5.65. The van der Waals surface area contributed by atoms with Gasteiger partial charge in [-0.3, -0.25) is 4.90 Å². The molecule has 0 amide bonds. The Kier molecular flexibility index (Phi) is 7.79. The van der Waals surface area contributed by atoms with Crippen molar-refractivity contribution in [3.63, 3.8) is 0 Å². The highest BCUT2D eigenvalue weighted by molar-refractivity contribution is 6.01. The minimum absolute atomic E-state index is 0.0207. The third-order valence-corrected chi connectivity index (χ3v) is 4.58. The van der Waals surface area contributed by atoms with Gasteiger partial charge in [0.05, 0.1) is 25.0 Å². The molecule has 2 unspecified atom stereocenters. The van der Waals surface area contributed by atoms with Crippen LogP contribution < -0.4 is 0 Å². The van der Waals surface area contributed by atoms with Crippen LogP contribution in [0.4, 0.5) is 0 Å². The smallest absolute Gasteiger partial charge is 0.145 e. The number of aliphatic hydroxyl groups is 1. The number of hydrogen-bond acceptors (Lipinski definition) is 5. The van der Waals surface area contributed by atoms with Crippen LogP contribution in [0, 0.1) is 0 Å². The maximum atomic E-state index is 10.4. The highest BCUT2D eigenvalue weighted by Crippen LogP contribution is 2.17. The Morgan fingerprint density at radius 2 is 1.89 bits per heavy atom. The van der Waals surface area contributed by atoms with Gasteiger partial charge in [-0.05, 0) is 11.1 Å². The average molecular weight is 380 g/mol. The van der Waals surface area contributed by atoms with Crippen molar-refractivity contribution in [2.24, 2.45) is 5.16 Å². The first-order valence-electron chi connectivity index (χ1n) is 9.65. The van der Waals surface area contributed by atoms with E-state index < -0.39 is 6.10 Å². The summed E-state index contributed by atoms with van der Waals surface area (Å²) in [4.78, 5) is 7.74. The second kappa shape index (κ2) is 10.8. The molecule has 3 rings (SSSR count). The largest absolute Gasteiger partial charge is 0.390 e. The number of benzene rings is 2. The Hall–Kier alpha value is -2.47. The van der Waals surface area contributed by atoms with Crippen LogP contribution in [0.2, 0.25) is 0 Å². The fourth-order valence-corrected chi connectivity index (χ4v) is 3.26. The average Bonchev–Trinajstić information content (AvgIpc) is 3.18. The minimum Gasteiger partial charge on any atom is -0.390 e. The molecule has 2 aromatic rings. The van der Waals surface area contributed by atoms with Gasteiger partial charge in [-0.25, -0.2) is 0 Å². The maximum absolute atomic E-state index is 10.4. The van der Waals surface area contributed by atoms with E-state index in [1.165, 1.54) is 0 Å². The number of nitrogens with zero attached hydrogens (tertiary/aromatic N) is 2. The number of rotatable bonds is 11. The zero-order chi connectivity index (χ0) is 19.6. The Bertz CT molecular complexity index is 749. The van der Waals surface area contributed by atoms with Crippen LogP contribution in [0.15, 0.2) is 78.5 Å². The third-order valence-electron chi connectivity index (χ3n) is 4.58. The van der Waals surface area contributed by atoms with E-state index in [-0.39, 0.29) is 6.10 Å². The molecule has 2 aromatic carbocycles. The Balaban J connectivity index is 1.42. The van der Waals surface area contributed by atoms with Crippen LogP contribution in [0.1, 0.15) is 17.5 Å². The molecule has 0 aromatic heterocycles. The quantitative estimate of drug-likeness (QED) is 0.608. The van der Waals surface area contributed by atoms with E-state index in [0.717, 1.165) is 23.3 Å². The van der Waals surface area contributed by atoms with Gasteiger partial charge in [-0.2, -0.15) is 0 Å². The molecule has 0 saturated heterocycles. The second-order valence-corrected chi connectivity index (χ2v) is 7.00.